The lowest BCUT2D eigenvalue weighted by atomic mass is 9.96. The number of benzene rings is 2. The third-order valence-corrected chi connectivity index (χ3v) is 6.26. The number of pyridine rings is 1. The van der Waals surface area contributed by atoms with Crippen molar-refractivity contribution in [2.24, 2.45) is 0 Å². The Balaban J connectivity index is 1.71. The van der Waals surface area contributed by atoms with E-state index in [9.17, 15) is 10.1 Å². The first-order chi connectivity index (χ1) is 16.3. The van der Waals surface area contributed by atoms with Gasteiger partial charge < -0.3 is 10.1 Å². The summed E-state index contributed by atoms with van der Waals surface area (Å²) in [5.41, 5.74) is 5.09. The molecule has 1 amide bonds. The highest BCUT2D eigenvalue weighted by molar-refractivity contribution is 7.11. The molecule has 1 N–H and O–H groups in total. The Bertz CT molecular complexity index is 1390. The molecule has 6 nitrogen and oxygen atoms in total. The lowest BCUT2D eigenvalue weighted by molar-refractivity contribution is 0.0939. The molecule has 0 saturated heterocycles. The van der Waals surface area contributed by atoms with Crippen molar-refractivity contribution in [3.63, 3.8) is 0 Å². The molecule has 1 atom stereocenters. The molecule has 2 aromatic heterocycles. The van der Waals surface area contributed by atoms with E-state index in [4.69, 9.17) is 16.3 Å². The van der Waals surface area contributed by atoms with Crippen molar-refractivity contribution in [1.82, 2.24) is 15.3 Å². The zero-order valence-corrected chi connectivity index (χ0v) is 20.4. The Kier molecular flexibility index (Phi) is 6.92. The van der Waals surface area contributed by atoms with Crippen LogP contribution in [0.4, 0.5) is 0 Å². The summed E-state index contributed by atoms with van der Waals surface area (Å²) in [6.45, 7) is 5.74. The Morgan fingerprint density at radius 1 is 1.18 bits per heavy atom. The lowest BCUT2D eigenvalue weighted by Crippen LogP contribution is -2.26. The first-order valence-electron chi connectivity index (χ1n) is 10.5. The largest absolute Gasteiger partial charge is 0.431 e. The average molecular weight is 489 g/mol. The summed E-state index contributed by atoms with van der Waals surface area (Å²) in [5.74, 6) is 0.144. The standard InChI is InChI=1S/C26H21ClN4O2S/c1-15-4-7-23(21(8-15)12-28)19-9-20(11-22(10-19)33-26-31-24(27)14-34-26)25(32)30-17(3)18-6-5-16(2)29-13-18/h4-11,13-14,17H,1-3H3,(H,30,32)/t17-/m1/s1. The van der Waals surface area contributed by atoms with Gasteiger partial charge in [0.2, 0.25) is 0 Å². The molecule has 0 bridgehead atoms. The molecule has 4 aromatic rings. The number of carbonyl (C=O) groups excluding carboxylic acids is 1. The minimum Gasteiger partial charge on any atom is -0.431 e. The number of aryl methyl sites for hydroxylation is 2. The van der Waals surface area contributed by atoms with Crippen LogP contribution >= 0.6 is 22.9 Å². The molecule has 8 heteroatoms. The SMILES string of the molecule is Cc1ccc(-c2cc(Oc3nc(Cl)cs3)cc(C(=O)N[C@H](C)c3ccc(C)nc3)c2)c(C#N)c1. The van der Waals surface area contributed by atoms with Crippen LogP contribution < -0.4 is 10.1 Å². The molecule has 0 unspecified atom stereocenters. The van der Waals surface area contributed by atoms with Gasteiger partial charge >= 0.3 is 0 Å². The van der Waals surface area contributed by atoms with Crippen LogP contribution in [0.1, 0.15) is 45.7 Å². The first kappa shape index (κ1) is 23.4. The molecule has 0 aliphatic heterocycles. The van der Waals surface area contributed by atoms with Crippen molar-refractivity contribution in [2.45, 2.75) is 26.8 Å². The van der Waals surface area contributed by atoms with E-state index < -0.39 is 0 Å². The summed E-state index contributed by atoms with van der Waals surface area (Å²) in [6, 6.07) is 16.6. The van der Waals surface area contributed by atoms with Gasteiger partial charge in [-0.3, -0.25) is 9.78 Å². The molecule has 0 spiro atoms. The number of halogens is 1. The highest BCUT2D eigenvalue weighted by atomic mass is 35.5. The van der Waals surface area contributed by atoms with Gasteiger partial charge in [-0.1, -0.05) is 41.1 Å². The number of aromatic nitrogens is 2. The lowest BCUT2D eigenvalue weighted by Gasteiger charge is -2.16. The Hall–Kier alpha value is -3.73. The third kappa shape index (κ3) is 5.42. The van der Waals surface area contributed by atoms with Crippen LogP contribution in [0.15, 0.2) is 60.1 Å². The van der Waals surface area contributed by atoms with Gasteiger partial charge in [0, 0.05) is 22.8 Å². The fraction of sp³-hybridized carbons (Fsp3) is 0.154. The molecular formula is C26H21ClN4O2S. The molecule has 34 heavy (non-hydrogen) atoms. The highest BCUT2D eigenvalue weighted by Crippen LogP contribution is 2.33. The van der Waals surface area contributed by atoms with E-state index in [2.05, 4.69) is 21.4 Å². The van der Waals surface area contributed by atoms with E-state index in [0.717, 1.165) is 16.8 Å². The predicted octanol–water partition coefficient (Wildman–Crippen LogP) is 6.63. The van der Waals surface area contributed by atoms with E-state index in [1.165, 1.54) is 11.3 Å². The summed E-state index contributed by atoms with van der Waals surface area (Å²) in [4.78, 5) is 21.6. The van der Waals surface area contributed by atoms with Gasteiger partial charge in [0.1, 0.15) is 10.9 Å². The minimum atomic E-state index is -0.275. The third-order valence-electron chi connectivity index (χ3n) is 5.22. The molecular weight excluding hydrogens is 468 g/mol. The Morgan fingerprint density at radius 3 is 2.68 bits per heavy atom. The van der Waals surface area contributed by atoms with Gasteiger partial charge in [0.15, 0.2) is 0 Å². The zero-order chi connectivity index (χ0) is 24.2. The van der Waals surface area contributed by atoms with Gasteiger partial charge in [0.05, 0.1) is 17.7 Å². The van der Waals surface area contributed by atoms with Crippen molar-refractivity contribution >= 4 is 28.8 Å². The molecule has 4 rings (SSSR count). The Labute approximate surface area is 206 Å². The molecule has 2 aromatic carbocycles. The number of amides is 1. The molecule has 170 valence electrons. The molecule has 0 radical (unpaired) electrons. The number of ether oxygens (including phenoxy) is 1. The maximum atomic E-state index is 13.2. The zero-order valence-electron chi connectivity index (χ0n) is 18.8. The first-order valence-corrected chi connectivity index (χ1v) is 11.8. The van der Waals surface area contributed by atoms with E-state index in [1.54, 1.807) is 29.8 Å². The number of rotatable bonds is 6. The molecule has 0 aliphatic carbocycles. The summed E-state index contributed by atoms with van der Waals surface area (Å²) < 4.78 is 5.90. The van der Waals surface area contributed by atoms with E-state index >= 15 is 0 Å². The number of nitrogens with zero attached hydrogens (tertiary/aromatic N) is 3. The van der Waals surface area contributed by atoms with Crippen LogP contribution in [-0.2, 0) is 0 Å². The van der Waals surface area contributed by atoms with Gasteiger partial charge in [0.25, 0.3) is 11.1 Å². The van der Waals surface area contributed by atoms with Crippen molar-refractivity contribution in [1.29, 1.82) is 5.26 Å². The number of hydrogen-bond acceptors (Lipinski definition) is 6. The van der Waals surface area contributed by atoms with Crippen LogP contribution in [0.5, 0.6) is 10.9 Å². The molecule has 2 heterocycles. The van der Waals surface area contributed by atoms with Crippen molar-refractivity contribution in [3.8, 4) is 28.1 Å². The fourth-order valence-electron chi connectivity index (χ4n) is 3.43. The van der Waals surface area contributed by atoms with Gasteiger partial charge in [-0.15, -0.1) is 0 Å². The molecule has 0 fully saturated rings. The smallest absolute Gasteiger partial charge is 0.280 e. The maximum Gasteiger partial charge on any atom is 0.280 e. The van der Waals surface area contributed by atoms with Crippen LogP contribution in [0.3, 0.4) is 0 Å². The number of nitrogens with one attached hydrogen (secondary N) is 1. The van der Waals surface area contributed by atoms with Gasteiger partial charge in [-0.05, 0) is 73.4 Å². The number of thiazole rings is 1. The van der Waals surface area contributed by atoms with Gasteiger partial charge in [-0.2, -0.15) is 10.2 Å². The highest BCUT2D eigenvalue weighted by Gasteiger charge is 2.17. The summed E-state index contributed by atoms with van der Waals surface area (Å²) in [7, 11) is 0. The predicted molar refractivity (Wildman–Crippen MR) is 133 cm³/mol. The number of hydrogen-bond donors (Lipinski definition) is 1. The quantitative estimate of drug-likeness (QED) is 0.329. The second-order valence-corrected chi connectivity index (χ2v) is 9.08. The monoisotopic (exact) mass is 488 g/mol. The molecule has 0 aliphatic rings. The van der Waals surface area contributed by atoms with Crippen molar-refractivity contribution in [2.75, 3.05) is 0 Å². The minimum absolute atomic E-state index is 0.250. The van der Waals surface area contributed by atoms with E-state index in [-0.39, 0.29) is 11.9 Å². The summed E-state index contributed by atoms with van der Waals surface area (Å²) >= 11 is 7.18. The second-order valence-electron chi connectivity index (χ2n) is 7.87. The maximum absolute atomic E-state index is 13.2. The van der Waals surface area contributed by atoms with Crippen molar-refractivity contribution < 1.29 is 9.53 Å². The van der Waals surface area contributed by atoms with E-state index in [0.29, 0.717) is 38.4 Å². The van der Waals surface area contributed by atoms with Crippen LogP contribution in [0, 0.1) is 25.2 Å². The molecule has 0 saturated carbocycles. The number of carbonyl (C=O) groups is 1. The average Bonchev–Trinajstić information content (AvgIpc) is 3.23. The second kappa shape index (κ2) is 10.0. The van der Waals surface area contributed by atoms with Crippen LogP contribution in [0.25, 0.3) is 11.1 Å². The number of nitriles is 1. The van der Waals surface area contributed by atoms with Crippen LogP contribution in [0.2, 0.25) is 5.15 Å². The summed E-state index contributed by atoms with van der Waals surface area (Å²) in [6.07, 6.45) is 1.75. The normalized spacial score (nSPS) is 11.5. The van der Waals surface area contributed by atoms with E-state index in [1.807, 2.05) is 51.1 Å². The Morgan fingerprint density at radius 2 is 2.00 bits per heavy atom. The fourth-order valence-corrected chi connectivity index (χ4v) is 4.24. The van der Waals surface area contributed by atoms with Gasteiger partial charge in [-0.25, -0.2) is 0 Å². The van der Waals surface area contributed by atoms with Crippen molar-refractivity contribution in [3.05, 3.63) is 93.2 Å². The van der Waals surface area contributed by atoms with Crippen LogP contribution in [-0.4, -0.2) is 15.9 Å². The topological polar surface area (TPSA) is 87.9 Å². The summed E-state index contributed by atoms with van der Waals surface area (Å²) in [5, 5.41) is 15.0.